The highest BCUT2D eigenvalue weighted by Crippen LogP contribution is 2.52. The molecule has 0 aromatic heterocycles. The number of rotatable bonds is 2. The Morgan fingerprint density at radius 3 is 2.47 bits per heavy atom. The normalized spacial score (nSPS) is 36.4. The highest BCUT2D eigenvalue weighted by Gasteiger charge is 2.53. The van der Waals surface area contributed by atoms with Gasteiger partial charge in [-0.05, 0) is 49.7 Å². The molecule has 2 aliphatic rings. The Morgan fingerprint density at radius 2 is 1.89 bits per heavy atom. The van der Waals surface area contributed by atoms with Gasteiger partial charge in [0.2, 0.25) is 0 Å². The molecule has 2 fully saturated rings. The number of carbonyl (C=O) groups is 1. The Bertz CT molecular complexity index is 369. The fraction of sp³-hybridized carbons (Fsp3) is 0.938. The zero-order valence-corrected chi connectivity index (χ0v) is 14.5. The van der Waals surface area contributed by atoms with Crippen molar-refractivity contribution in [3.8, 4) is 0 Å². The summed E-state index contributed by atoms with van der Waals surface area (Å²) in [5.41, 5.74) is -0.0781. The van der Waals surface area contributed by atoms with E-state index < -0.39 is 8.32 Å². The average Bonchev–Trinajstić information content (AvgIpc) is 2.54. The van der Waals surface area contributed by atoms with Gasteiger partial charge in [-0.3, -0.25) is 4.79 Å². The fourth-order valence-corrected chi connectivity index (χ4v) is 4.98. The molecule has 3 heteroatoms. The highest BCUT2D eigenvalue weighted by molar-refractivity contribution is 6.74. The Labute approximate surface area is 119 Å². The Hall–Kier alpha value is -0.153. The Balaban J connectivity index is 2.16. The van der Waals surface area contributed by atoms with Gasteiger partial charge < -0.3 is 4.43 Å². The average molecular weight is 282 g/mol. The highest BCUT2D eigenvalue weighted by atomic mass is 28.4. The third-order valence-corrected chi connectivity index (χ3v) is 10.5. The number of Topliss-reactive ketones (excluding diaryl/α,β-unsaturated/α-hetero) is 1. The first-order valence-corrected chi connectivity index (χ1v) is 10.7. The maximum atomic E-state index is 12.2. The summed E-state index contributed by atoms with van der Waals surface area (Å²) in [6, 6.07) is 0. The maximum Gasteiger partial charge on any atom is 0.192 e. The van der Waals surface area contributed by atoms with E-state index in [0.717, 1.165) is 32.1 Å². The van der Waals surface area contributed by atoms with E-state index in [1.807, 2.05) is 0 Å². The molecular weight excluding hydrogens is 252 g/mol. The van der Waals surface area contributed by atoms with E-state index in [1.54, 1.807) is 0 Å². The molecule has 0 aromatic carbocycles. The SMILES string of the molecule is CC12CCCC(O[Si](C)(C)C(C)(C)C)[C@@H]1CCC2=O. The first kappa shape index (κ1) is 15.2. The standard InChI is InChI=1S/C16H30O2Si/c1-15(2,3)19(5,6)18-13-8-7-11-16(4)12(13)9-10-14(16)17/h12-13H,7-11H2,1-6H3/t12-,13?,16?/m0/s1. The van der Waals surface area contributed by atoms with Crippen molar-refractivity contribution in [1.29, 1.82) is 0 Å². The van der Waals surface area contributed by atoms with Gasteiger partial charge in [0.1, 0.15) is 5.78 Å². The van der Waals surface area contributed by atoms with Crippen LogP contribution in [0.15, 0.2) is 0 Å². The largest absolute Gasteiger partial charge is 0.414 e. The van der Waals surface area contributed by atoms with Crippen molar-refractivity contribution in [2.75, 3.05) is 0 Å². The lowest BCUT2D eigenvalue weighted by atomic mass is 9.68. The van der Waals surface area contributed by atoms with Gasteiger partial charge in [0.15, 0.2) is 8.32 Å². The van der Waals surface area contributed by atoms with Crippen molar-refractivity contribution in [3.63, 3.8) is 0 Å². The van der Waals surface area contributed by atoms with E-state index in [-0.39, 0.29) is 10.5 Å². The molecule has 0 spiro atoms. The van der Waals surface area contributed by atoms with Gasteiger partial charge in [-0.1, -0.05) is 27.7 Å². The fourth-order valence-electron chi connectivity index (χ4n) is 3.59. The van der Waals surface area contributed by atoms with E-state index in [1.165, 1.54) is 0 Å². The molecule has 0 aliphatic heterocycles. The van der Waals surface area contributed by atoms with Crippen LogP contribution in [0.5, 0.6) is 0 Å². The third-order valence-electron chi connectivity index (χ3n) is 6.02. The van der Waals surface area contributed by atoms with E-state index in [2.05, 4.69) is 40.8 Å². The van der Waals surface area contributed by atoms with E-state index in [4.69, 9.17) is 4.43 Å². The molecule has 2 unspecified atom stereocenters. The van der Waals surface area contributed by atoms with Crippen LogP contribution in [0.4, 0.5) is 0 Å². The first-order valence-electron chi connectivity index (χ1n) is 7.79. The second-order valence-electron chi connectivity index (χ2n) is 8.29. The summed E-state index contributed by atoms with van der Waals surface area (Å²) >= 11 is 0. The van der Waals surface area contributed by atoms with Crippen LogP contribution in [0.3, 0.4) is 0 Å². The molecule has 0 N–H and O–H groups in total. The molecule has 0 heterocycles. The molecule has 0 bridgehead atoms. The maximum absolute atomic E-state index is 12.2. The molecule has 3 atom stereocenters. The van der Waals surface area contributed by atoms with Crippen LogP contribution in [-0.2, 0) is 9.22 Å². The number of carbonyl (C=O) groups excluding carboxylic acids is 1. The zero-order valence-electron chi connectivity index (χ0n) is 13.5. The van der Waals surface area contributed by atoms with E-state index in [9.17, 15) is 4.79 Å². The van der Waals surface area contributed by atoms with Gasteiger partial charge in [0.25, 0.3) is 0 Å². The third kappa shape index (κ3) is 2.56. The van der Waals surface area contributed by atoms with Gasteiger partial charge in [-0.15, -0.1) is 0 Å². The molecule has 2 aliphatic carbocycles. The van der Waals surface area contributed by atoms with Crippen molar-refractivity contribution < 1.29 is 9.22 Å². The number of ketones is 1. The molecule has 0 aromatic rings. The topological polar surface area (TPSA) is 26.3 Å². The number of hydrogen-bond acceptors (Lipinski definition) is 2. The van der Waals surface area contributed by atoms with Crippen LogP contribution in [0.2, 0.25) is 18.1 Å². The molecule has 0 amide bonds. The minimum absolute atomic E-state index is 0.0781. The molecule has 2 nitrogen and oxygen atoms in total. The van der Waals surface area contributed by atoms with Crippen LogP contribution in [0.1, 0.15) is 59.8 Å². The predicted molar refractivity (Wildman–Crippen MR) is 81.8 cm³/mol. The summed E-state index contributed by atoms with van der Waals surface area (Å²) in [6.07, 6.45) is 5.53. The molecule has 0 saturated heterocycles. The zero-order chi connectivity index (χ0) is 14.5. The smallest absolute Gasteiger partial charge is 0.192 e. The van der Waals surface area contributed by atoms with Gasteiger partial charge in [0, 0.05) is 17.9 Å². The molecular formula is C16H30O2Si. The Kier molecular flexibility index (Phi) is 3.77. The lowest BCUT2D eigenvalue weighted by Gasteiger charge is -2.46. The van der Waals surface area contributed by atoms with Crippen LogP contribution >= 0.6 is 0 Å². The minimum atomic E-state index is -1.72. The van der Waals surface area contributed by atoms with E-state index >= 15 is 0 Å². The quantitative estimate of drug-likeness (QED) is 0.695. The predicted octanol–water partition coefficient (Wildman–Crippen LogP) is 4.55. The van der Waals surface area contributed by atoms with Gasteiger partial charge >= 0.3 is 0 Å². The number of fused-ring (bicyclic) bond motifs is 1. The van der Waals surface area contributed by atoms with E-state index in [0.29, 0.717) is 17.8 Å². The molecule has 0 radical (unpaired) electrons. The van der Waals surface area contributed by atoms with Crippen molar-refractivity contribution >= 4 is 14.1 Å². The number of hydrogen-bond donors (Lipinski definition) is 0. The summed E-state index contributed by atoms with van der Waals surface area (Å²) in [4.78, 5) is 12.2. The summed E-state index contributed by atoms with van der Waals surface area (Å²) in [6.45, 7) is 13.7. The summed E-state index contributed by atoms with van der Waals surface area (Å²) in [7, 11) is -1.72. The second kappa shape index (κ2) is 4.69. The first-order chi connectivity index (χ1) is 8.58. The van der Waals surface area contributed by atoms with Crippen LogP contribution < -0.4 is 0 Å². The summed E-state index contributed by atoms with van der Waals surface area (Å²) < 4.78 is 6.66. The van der Waals surface area contributed by atoms with Crippen LogP contribution in [0, 0.1) is 11.3 Å². The summed E-state index contributed by atoms with van der Waals surface area (Å²) in [5, 5.41) is 0.253. The van der Waals surface area contributed by atoms with Gasteiger partial charge in [0.05, 0.1) is 0 Å². The molecule has 2 saturated carbocycles. The molecule has 110 valence electrons. The monoisotopic (exact) mass is 282 g/mol. The summed E-state index contributed by atoms with van der Waals surface area (Å²) in [5.74, 6) is 0.962. The molecule has 2 rings (SSSR count). The van der Waals surface area contributed by atoms with Crippen molar-refractivity contribution in [1.82, 2.24) is 0 Å². The lowest BCUT2D eigenvalue weighted by molar-refractivity contribution is -0.130. The Morgan fingerprint density at radius 1 is 1.26 bits per heavy atom. The molecule has 19 heavy (non-hydrogen) atoms. The van der Waals surface area contributed by atoms with Crippen molar-refractivity contribution in [2.24, 2.45) is 11.3 Å². The van der Waals surface area contributed by atoms with Crippen LogP contribution in [0.25, 0.3) is 0 Å². The minimum Gasteiger partial charge on any atom is -0.414 e. The second-order valence-corrected chi connectivity index (χ2v) is 13.1. The van der Waals surface area contributed by atoms with Gasteiger partial charge in [-0.2, -0.15) is 0 Å². The van der Waals surface area contributed by atoms with Crippen molar-refractivity contribution in [3.05, 3.63) is 0 Å². The van der Waals surface area contributed by atoms with Crippen molar-refractivity contribution in [2.45, 2.75) is 84.0 Å². The lowest BCUT2D eigenvalue weighted by Crippen LogP contribution is -2.49. The van der Waals surface area contributed by atoms with Gasteiger partial charge in [-0.25, -0.2) is 0 Å². The van der Waals surface area contributed by atoms with Crippen LogP contribution in [-0.4, -0.2) is 20.2 Å².